The highest BCUT2D eigenvalue weighted by Gasteiger charge is 2.71. The Bertz CT molecular complexity index is 717. The van der Waals surface area contributed by atoms with E-state index in [-0.39, 0.29) is 30.2 Å². The van der Waals surface area contributed by atoms with Crippen molar-refractivity contribution < 1.29 is 29.5 Å². The van der Waals surface area contributed by atoms with Crippen LogP contribution in [0.3, 0.4) is 0 Å². The van der Waals surface area contributed by atoms with Crippen molar-refractivity contribution in [1.29, 1.82) is 0 Å². The van der Waals surface area contributed by atoms with Crippen molar-refractivity contribution in [2.24, 2.45) is 11.8 Å². The number of aromatic hydroxyl groups is 1. The van der Waals surface area contributed by atoms with Gasteiger partial charge < -0.3 is 15.2 Å². The van der Waals surface area contributed by atoms with Gasteiger partial charge in [-0.05, 0) is 31.2 Å². The normalized spacial score (nSPS) is 31.3. The second-order valence-electron chi connectivity index (χ2n) is 6.59. The minimum absolute atomic E-state index is 0.122. The maximum Gasteiger partial charge on any atom is 0.368 e. The molecule has 1 aromatic carbocycles. The summed E-state index contributed by atoms with van der Waals surface area (Å²) in [5, 5.41) is 11.3. The number of ether oxygens (including phenoxy) is 1. The van der Waals surface area contributed by atoms with Crippen LogP contribution in [0, 0.1) is 11.8 Å². The average molecular weight is 347 g/mol. The Labute approximate surface area is 146 Å². The summed E-state index contributed by atoms with van der Waals surface area (Å²) in [4.78, 5) is 39.6. The van der Waals surface area contributed by atoms with Gasteiger partial charge in [0.25, 0.3) is 0 Å². The fourth-order valence-corrected chi connectivity index (χ4v) is 4.36. The van der Waals surface area contributed by atoms with Crippen molar-refractivity contribution in [3.63, 3.8) is 0 Å². The number of nitrogens with two attached hydrogens (primary N) is 1. The Hall–Kier alpha value is -2.41. The van der Waals surface area contributed by atoms with Gasteiger partial charge in [-0.15, -0.1) is 0 Å². The molecule has 25 heavy (non-hydrogen) atoms. The SMILES string of the molecule is CCN1C(=O)[C@@H]2[C@H](c3ccc(O)cc3)[NH2+][C@@](CC)(C(=O)OC)[C@H]2C1=O. The number of hydrogen-bond donors (Lipinski definition) is 2. The number of benzene rings is 1. The topological polar surface area (TPSA) is 101 Å². The van der Waals surface area contributed by atoms with E-state index in [0.717, 1.165) is 5.56 Å². The summed E-state index contributed by atoms with van der Waals surface area (Å²) in [6.45, 7) is 3.87. The first-order chi connectivity index (χ1) is 11.9. The monoisotopic (exact) mass is 347 g/mol. The molecule has 2 fully saturated rings. The molecular formula is C18H23N2O5+. The molecule has 7 nitrogen and oxygen atoms in total. The summed E-state index contributed by atoms with van der Waals surface area (Å²) in [5.41, 5.74) is -0.315. The van der Waals surface area contributed by atoms with E-state index in [2.05, 4.69) is 0 Å². The van der Waals surface area contributed by atoms with Crippen LogP contribution in [0.25, 0.3) is 0 Å². The highest BCUT2D eigenvalue weighted by atomic mass is 16.5. The van der Waals surface area contributed by atoms with Crippen LogP contribution in [0.4, 0.5) is 0 Å². The molecule has 0 spiro atoms. The molecule has 0 aromatic heterocycles. The second kappa shape index (κ2) is 6.15. The number of amides is 2. The zero-order chi connectivity index (χ0) is 18.4. The summed E-state index contributed by atoms with van der Waals surface area (Å²) in [6, 6.07) is 6.16. The molecule has 4 atom stereocenters. The molecule has 0 unspecified atom stereocenters. The molecule has 2 amide bonds. The van der Waals surface area contributed by atoms with E-state index in [1.807, 2.05) is 12.2 Å². The fourth-order valence-electron chi connectivity index (χ4n) is 4.36. The number of rotatable bonds is 4. The number of phenols is 1. The van der Waals surface area contributed by atoms with Crippen molar-refractivity contribution in [3.8, 4) is 5.75 Å². The maximum absolute atomic E-state index is 12.9. The Kier molecular flexibility index (Phi) is 4.28. The molecule has 0 aliphatic carbocycles. The lowest BCUT2D eigenvalue weighted by Gasteiger charge is -2.27. The number of methoxy groups -OCH3 is 1. The smallest absolute Gasteiger partial charge is 0.368 e. The second-order valence-corrected chi connectivity index (χ2v) is 6.59. The van der Waals surface area contributed by atoms with Gasteiger partial charge in [0.1, 0.15) is 23.6 Å². The third-order valence-corrected chi connectivity index (χ3v) is 5.61. The molecule has 3 N–H and O–H groups in total. The predicted octanol–water partition coefficient (Wildman–Crippen LogP) is -0.0468. The number of imide groups is 1. The van der Waals surface area contributed by atoms with Gasteiger partial charge in [0.2, 0.25) is 17.4 Å². The Morgan fingerprint density at radius 1 is 1.24 bits per heavy atom. The van der Waals surface area contributed by atoms with Crippen LogP contribution >= 0.6 is 0 Å². The summed E-state index contributed by atoms with van der Waals surface area (Å²) >= 11 is 0. The number of hydrogen-bond acceptors (Lipinski definition) is 5. The van der Waals surface area contributed by atoms with Gasteiger partial charge in [0, 0.05) is 18.5 Å². The zero-order valence-corrected chi connectivity index (χ0v) is 14.6. The zero-order valence-electron chi connectivity index (χ0n) is 14.6. The first-order valence-electron chi connectivity index (χ1n) is 8.49. The van der Waals surface area contributed by atoms with E-state index >= 15 is 0 Å². The van der Waals surface area contributed by atoms with Crippen LogP contribution in [-0.2, 0) is 19.1 Å². The molecule has 134 valence electrons. The summed E-state index contributed by atoms with van der Waals surface area (Å²) < 4.78 is 5.00. The molecule has 0 saturated carbocycles. The minimum atomic E-state index is -1.11. The molecule has 2 aliphatic rings. The van der Waals surface area contributed by atoms with E-state index in [1.165, 1.54) is 12.0 Å². The first kappa shape index (κ1) is 17.4. The molecule has 2 heterocycles. The number of phenolic OH excluding ortho intramolecular Hbond substituents is 1. The third-order valence-electron chi connectivity index (χ3n) is 5.61. The van der Waals surface area contributed by atoms with Gasteiger partial charge in [-0.25, -0.2) is 4.79 Å². The largest absolute Gasteiger partial charge is 0.508 e. The number of nitrogens with zero attached hydrogens (tertiary/aromatic N) is 1. The van der Waals surface area contributed by atoms with Gasteiger partial charge >= 0.3 is 5.97 Å². The van der Waals surface area contributed by atoms with E-state index < -0.39 is 23.3 Å². The lowest BCUT2D eigenvalue weighted by molar-refractivity contribution is -0.734. The lowest BCUT2D eigenvalue weighted by atomic mass is 9.78. The van der Waals surface area contributed by atoms with E-state index in [4.69, 9.17) is 4.74 Å². The minimum Gasteiger partial charge on any atom is -0.508 e. The summed E-state index contributed by atoms with van der Waals surface area (Å²) in [7, 11) is 1.30. The number of carbonyl (C=O) groups excluding carboxylic acids is 3. The van der Waals surface area contributed by atoms with Crippen LogP contribution in [0.1, 0.15) is 31.9 Å². The van der Waals surface area contributed by atoms with Gasteiger partial charge in [0.15, 0.2) is 0 Å². The highest BCUT2D eigenvalue weighted by molar-refractivity contribution is 6.08. The van der Waals surface area contributed by atoms with Gasteiger partial charge in [-0.3, -0.25) is 14.5 Å². The summed E-state index contributed by atoms with van der Waals surface area (Å²) in [5.74, 6) is -2.26. The van der Waals surface area contributed by atoms with Crippen LogP contribution < -0.4 is 5.32 Å². The average Bonchev–Trinajstić information content (AvgIpc) is 3.10. The number of esters is 1. The quantitative estimate of drug-likeness (QED) is 0.588. The Balaban J connectivity index is 2.13. The van der Waals surface area contributed by atoms with Gasteiger partial charge in [-0.1, -0.05) is 6.92 Å². The fraction of sp³-hybridized carbons (Fsp3) is 0.500. The number of quaternary nitrogens is 1. The Morgan fingerprint density at radius 2 is 1.88 bits per heavy atom. The lowest BCUT2D eigenvalue weighted by Crippen LogP contribution is -2.98. The molecule has 0 bridgehead atoms. The van der Waals surface area contributed by atoms with Crippen LogP contribution in [-0.4, -0.2) is 47.0 Å². The number of likely N-dealkylation sites (tertiary alicyclic amines) is 1. The van der Waals surface area contributed by atoms with Gasteiger partial charge in [0.05, 0.1) is 7.11 Å². The van der Waals surface area contributed by atoms with Crippen LogP contribution in [0.5, 0.6) is 5.75 Å². The van der Waals surface area contributed by atoms with Crippen LogP contribution in [0.2, 0.25) is 0 Å². The molecule has 3 rings (SSSR count). The standard InChI is InChI=1S/C18H22N2O5/c1-4-18(17(24)25-3)13-12(15(22)20(5-2)16(13)23)14(19-18)10-6-8-11(21)9-7-10/h6-9,12-14,19,21H,4-5H2,1-3H3/p+1/t12-,13+,14-,18+/m0/s1. The predicted molar refractivity (Wildman–Crippen MR) is 87.2 cm³/mol. The molecule has 0 radical (unpaired) electrons. The van der Waals surface area contributed by atoms with Crippen molar-refractivity contribution >= 4 is 17.8 Å². The molecule has 2 aliphatic heterocycles. The van der Waals surface area contributed by atoms with Crippen molar-refractivity contribution in [2.75, 3.05) is 13.7 Å². The number of fused-ring (bicyclic) bond motifs is 1. The van der Waals surface area contributed by atoms with Crippen molar-refractivity contribution in [1.82, 2.24) is 4.90 Å². The third kappa shape index (κ3) is 2.33. The summed E-state index contributed by atoms with van der Waals surface area (Å²) in [6.07, 6.45) is 0.381. The molecular weight excluding hydrogens is 324 g/mol. The molecule has 2 saturated heterocycles. The van der Waals surface area contributed by atoms with E-state index in [1.54, 1.807) is 31.2 Å². The first-order valence-corrected chi connectivity index (χ1v) is 8.49. The highest BCUT2D eigenvalue weighted by Crippen LogP contribution is 2.45. The molecule has 7 heteroatoms. The van der Waals surface area contributed by atoms with Crippen molar-refractivity contribution in [3.05, 3.63) is 29.8 Å². The van der Waals surface area contributed by atoms with Crippen molar-refractivity contribution in [2.45, 2.75) is 31.8 Å². The Morgan fingerprint density at radius 3 is 2.40 bits per heavy atom. The van der Waals surface area contributed by atoms with Crippen LogP contribution in [0.15, 0.2) is 24.3 Å². The van der Waals surface area contributed by atoms with E-state index in [9.17, 15) is 19.5 Å². The van der Waals surface area contributed by atoms with Gasteiger partial charge in [-0.2, -0.15) is 0 Å². The van der Waals surface area contributed by atoms with E-state index in [0.29, 0.717) is 6.42 Å². The maximum atomic E-state index is 12.9. The molecule has 1 aromatic rings. The number of carbonyl (C=O) groups is 3.